The van der Waals surface area contributed by atoms with Crippen molar-refractivity contribution in [3.8, 4) is 0 Å². The summed E-state index contributed by atoms with van der Waals surface area (Å²) < 4.78 is 0. The van der Waals surface area contributed by atoms with E-state index in [2.05, 4.69) is 16.3 Å². The van der Waals surface area contributed by atoms with Gasteiger partial charge in [0.25, 0.3) is 0 Å². The Balaban J connectivity index is 2.10. The minimum atomic E-state index is 0.693. The second-order valence-electron chi connectivity index (χ2n) is 4.34. The molecule has 0 bridgehead atoms. The molecule has 1 atom stereocenters. The second kappa shape index (κ2) is 3.60. The molecule has 1 aromatic rings. The van der Waals surface area contributed by atoms with Crippen molar-refractivity contribution in [2.24, 2.45) is 0 Å². The third-order valence-electron chi connectivity index (χ3n) is 3.44. The summed E-state index contributed by atoms with van der Waals surface area (Å²) in [5.41, 5.74) is 2.42. The van der Waals surface area contributed by atoms with Gasteiger partial charge >= 0.3 is 0 Å². The lowest BCUT2D eigenvalue weighted by molar-refractivity contribution is 0.638. The predicted molar refractivity (Wildman–Crippen MR) is 64.9 cm³/mol. The van der Waals surface area contributed by atoms with Crippen molar-refractivity contribution >= 4 is 23.0 Å². The molecular weight excluding hydrogens is 208 g/mol. The lowest BCUT2D eigenvalue weighted by atomic mass is 10.1. The van der Waals surface area contributed by atoms with Gasteiger partial charge < -0.3 is 10.2 Å². The summed E-state index contributed by atoms with van der Waals surface area (Å²) in [6, 6.07) is 6.83. The van der Waals surface area contributed by atoms with E-state index in [0.29, 0.717) is 6.04 Å². The maximum absolute atomic E-state index is 6.30. The van der Waals surface area contributed by atoms with Crippen LogP contribution >= 0.6 is 11.6 Å². The van der Waals surface area contributed by atoms with Crippen molar-refractivity contribution < 1.29 is 0 Å². The number of halogens is 1. The number of fused-ring (bicyclic) bond motifs is 3. The third kappa shape index (κ3) is 1.48. The summed E-state index contributed by atoms with van der Waals surface area (Å²) in [4.78, 5) is 2.48. The fourth-order valence-corrected chi connectivity index (χ4v) is 3.04. The Labute approximate surface area is 95.2 Å². The van der Waals surface area contributed by atoms with Crippen LogP contribution in [-0.4, -0.2) is 19.1 Å². The van der Waals surface area contributed by atoms with E-state index in [9.17, 15) is 0 Å². The topological polar surface area (TPSA) is 15.3 Å². The van der Waals surface area contributed by atoms with Crippen LogP contribution in [0.1, 0.15) is 19.3 Å². The van der Waals surface area contributed by atoms with Gasteiger partial charge in [-0.15, -0.1) is 0 Å². The van der Waals surface area contributed by atoms with Crippen molar-refractivity contribution in [3.05, 3.63) is 23.2 Å². The number of nitrogens with zero attached hydrogens (tertiary/aromatic N) is 1. The first-order chi connectivity index (χ1) is 7.36. The van der Waals surface area contributed by atoms with Crippen LogP contribution in [0, 0.1) is 0 Å². The molecule has 0 amide bonds. The van der Waals surface area contributed by atoms with Crippen LogP contribution in [0.15, 0.2) is 18.2 Å². The maximum atomic E-state index is 6.30. The van der Waals surface area contributed by atoms with Crippen LogP contribution in [-0.2, 0) is 0 Å². The van der Waals surface area contributed by atoms with E-state index in [1.165, 1.54) is 30.6 Å². The number of para-hydroxylation sites is 1. The SMILES string of the molecule is Clc1cccc2c1N1CCCC1CCN2. The number of rotatable bonds is 0. The lowest BCUT2D eigenvalue weighted by Crippen LogP contribution is -2.28. The van der Waals surface area contributed by atoms with Crippen LogP contribution < -0.4 is 10.2 Å². The summed E-state index contributed by atoms with van der Waals surface area (Å²) in [6.45, 7) is 2.22. The number of anilines is 2. The van der Waals surface area contributed by atoms with Crippen molar-refractivity contribution in [1.29, 1.82) is 0 Å². The Morgan fingerprint density at radius 3 is 3.20 bits per heavy atom. The van der Waals surface area contributed by atoms with E-state index in [1.807, 2.05) is 12.1 Å². The molecule has 15 heavy (non-hydrogen) atoms. The van der Waals surface area contributed by atoms with Crippen molar-refractivity contribution in [2.45, 2.75) is 25.3 Å². The molecule has 0 aromatic heterocycles. The first kappa shape index (κ1) is 9.34. The summed E-state index contributed by atoms with van der Waals surface area (Å²) in [5.74, 6) is 0. The highest BCUT2D eigenvalue weighted by Gasteiger charge is 2.29. The van der Waals surface area contributed by atoms with E-state index in [4.69, 9.17) is 11.6 Å². The van der Waals surface area contributed by atoms with Crippen molar-refractivity contribution in [1.82, 2.24) is 0 Å². The first-order valence-corrected chi connectivity index (χ1v) is 6.03. The first-order valence-electron chi connectivity index (χ1n) is 5.65. The molecule has 2 aliphatic heterocycles. The normalized spacial score (nSPS) is 24.1. The molecule has 1 fully saturated rings. The minimum absolute atomic E-state index is 0.693. The lowest BCUT2D eigenvalue weighted by Gasteiger charge is -2.26. The Morgan fingerprint density at radius 1 is 1.33 bits per heavy atom. The zero-order chi connectivity index (χ0) is 10.3. The zero-order valence-corrected chi connectivity index (χ0v) is 9.43. The molecular formula is C12H15ClN2. The maximum Gasteiger partial charge on any atom is 0.0793 e. The highest BCUT2D eigenvalue weighted by atomic mass is 35.5. The molecule has 0 spiro atoms. The fraction of sp³-hybridized carbons (Fsp3) is 0.500. The van der Waals surface area contributed by atoms with E-state index in [1.54, 1.807) is 0 Å². The summed E-state index contributed by atoms with van der Waals surface area (Å²) in [6.07, 6.45) is 3.84. The molecule has 0 radical (unpaired) electrons. The van der Waals surface area contributed by atoms with Crippen LogP contribution in [0.25, 0.3) is 0 Å². The van der Waals surface area contributed by atoms with Gasteiger partial charge in [0.1, 0.15) is 0 Å². The summed E-state index contributed by atoms with van der Waals surface area (Å²) in [5, 5.41) is 4.35. The smallest absolute Gasteiger partial charge is 0.0793 e. The van der Waals surface area contributed by atoms with Gasteiger partial charge in [-0.25, -0.2) is 0 Å². The van der Waals surface area contributed by atoms with Crippen LogP contribution in [0.4, 0.5) is 11.4 Å². The largest absolute Gasteiger partial charge is 0.383 e. The van der Waals surface area contributed by atoms with E-state index in [-0.39, 0.29) is 0 Å². The molecule has 2 heterocycles. The molecule has 80 valence electrons. The van der Waals surface area contributed by atoms with Crippen LogP contribution in [0.3, 0.4) is 0 Å². The van der Waals surface area contributed by atoms with E-state index < -0.39 is 0 Å². The molecule has 1 N–H and O–H groups in total. The van der Waals surface area contributed by atoms with Gasteiger partial charge in [0.2, 0.25) is 0 Å². The minimum Gasteiger partial charge on any atom is -0.383 e. The van der Waals surface area contributed by atoms with Crippen LogP contribution in [0.2, 0.25) is 5.02 Å². The summed E-state index contributed by atoms with van der Waals surface area (Å²) >= 11 is 6.30. The fourth-order valence-electron chi connectivity index (χ4n) is 2.75. The number of hydrogen-bond donors (Lipinski definition) is 1. The quantitative estimate of drug-likeness (QED) is 0.726. The number of nitrogens with one attached hydrogen (secondary N) is 1. The molecule has 2 aliphatic rings. The van der Waals surface area contributed by atoms with Gasteiger partial charge in [-0.3, -0.25) is 0 Å². The van der Waals surface area contributed by atoms with Crippen LogP contribution in [0.5, 0.6) is 0 Å². The monoisotopic (exact) mass is 222 g/mol. The van der Waals surface area contributed by atoms with Crippen molar-refractivity contribution in [2.75, 3.05) is 23.3 Å². The molecule has 0 saturated carbocycles. The molecule has 1 aromatic carbocycles. The highest BCUT2D eigenvalue weighted by molar-refractivity contribution is 6.34. The van der Waals surface area contributed by atoms with Gasteiger partial charge in [0.15, 0.2) is 0 Å². The van der Waals surface area contributed by atoms with Crippen molar-refractivity contribution in [3.63, 3.8) is 0 Å². The third-order valence-corrected chi connectivity index (χ3v) is 3.75. The van der Waals surface area contributed by atoms with Gasteiger partial charge in [-0.1, -0.05) is 17.7 Å². The Morgan fingerprint density at radius 2 is 2.27 bits per heavy atom. The van der Waals surface area contributed by atoms with Gasteiger partial charge in [-0.2, -0.15) is 0 Å². The van der Waals surface area contributed by atoms with E-state index in [0.717, 1.165) is 18.1 Å². The van der Waals surface area contributed by atoms with Gasteiger partial charge in [0.05, 0.1) is 16.4 Å². The standard InChI is InChI=1S/C12H15ClN2/c13-10-4-1-5-11-12(10)15-8-2-3-9(15)6-7-14-11/h1,4-5,9,14H,2-3,6-8H2. The van der Waals surface area contributed by atoms with E-state index >= 15 is 0 Å². The Bertz CT molecular complexity index is 378. The Kier molecular flexibility index (Phi) is 2.24. The molecule has 2 nitrogen and oxygen atoms in total. The molecule has 0 aliphatic carbocycles. The zero-order valence-electron chi connectivity index (χ0n) is 8.67. The van der Waals surface area contributed by atoms with Gasteiger partial charge in [-0.05, 0) is 31.4 Å². The number of hydrogen-bond acceptors (Lipinski definition) is 2. The molecule has 1 unspecified atom stereocenters. The predicted octanol–water partition coefficient (Wildman–Crippen LogP) is 3.12. The average Bonchev–Trinajstić information content (AvgIpc) is 2.60. The van der Waals surface area contributed by atoms with Gasteiger partial charge in [0, 0.05) is 19.1 Å². The summed E-state index contributed by atoms with van der Waals surface area (Å²) in [7, 11) is 0. The Hall–Kier alpha value is -0.890. The molecule has 1 saturated heterocycles. The average molecular weight is 223 g/mol. The molecule has 3 heteroatoms. The second-order valence-corrected chi connectivity index (χ2v) is 4.75. The molecule has 3 rings (SSSR count). The number of benzene rings is 1. The highest BCUT2D eigenvalue weighted by Crippen LogP contribution is 2.40.